The van der Waals surface area contributed by atoms with E-state index in [0.717, 1.165) is 12.2 Å². The topological polar surface area (TPSA) is 123 Å². The van der Waals surface area contributed by atoms with E-state index >= 15 is 0 Å². The lowest BCUT2D eigenvalue weighted by atomic mass is 10.3. The molecule has 1 rings (SSSR count). The molecule has 2 atom stereocenters. The molecule has 1 aliphatic heterocycles. The number of rotatable bonds is 8. The minimum absolute atomic E-state index is 0.0419. The zero-order valence-electron chi connectivity index (χ0n) is 13.8. The Labute approximate surface area is 144 Å². The van der Waals surface area contributed by atoms with Crippen LogP contribution in [0.4, 0.5) is 0 Å². The van der Waals surface area contributed by atoms with Gasteiger partial charge < -0.3 is 9.47 Å². The van der Waals surface area contributed by atoms with Crippen LogP contribution in [0.2, 0.25) is 0 Å². The van der Waals surface area contributed by atoms with Crippen molar-refractivity contribution in [2.75, 3.05) is 0 Å². The maximum atomic E-state index is 11.9. The van der Waals surface area contributed by atoms with Gasteiger partial charge in [-0.3, -0.25) is 20.2 Å². The number of nitrogens with one attached hydrogen (secondary N) is 2. The summed E-state index contributed by atoms with van der Waals surface area (Å²) < 4.78 is 15.0. The highest BCUT2D eigenvalue weighted by molar-refractivity contribution is 5.94. The molecule has 9 nitrogen and oxygen atoms in total. The quantitative estimate of drug-likeness (QED) is 0.277. The summed E-state index contributed by atoms with van der Waals surface area (Å²) in [7, 11) is 0. The third-order valence-electron chi connectivity index (χ3n) is 2.82. The van der Waals surface area contributed by atoms with Crippen molar-refractivity contribution in [3.63, 3.8) is 0 Å². The van der Waals surface area contributed by atoms with Crippen molar-refractivity contribution in [3.8, 4) is 0 Å². The van der Waals surface area contributed by atoms with Gasteiger partial charge in [0.1, 0.15) is 0 Å². The van der Waals surface area contributed by atoms with Crippen LogP contribution in [0.1, 0.15) is 13.8 Å². The lowest BCUT2D eigenvalue weighted by Gasteiger charge is -2.20. The number of hydrogen-bond donors (Lipinski definition) is 2. The van der Waals surface area contributed by atoms with Crippen molar-refractivity contribution >= 4 is 23.8 Å². The Hall–Kier alpha value is -3.20. The normalized spacial score (nSPS) is 23.4. The molecule has 0 aromatic rings. The molecule has 2 amide bonds. The molecular weight excluding hydrogens is 332 g/mol. The van der Waals surface area contributed by atoms with Gasteiger partial charge in [0, 0.05) is 17.2 Å². The molecule has 134 valence electrons. The van der Waals surface area contributed by atoms with Gasteiger partial charge in [-0.15, -0.1) is 0 Å². The van der Waals surface area contributed by atoms with Gasteiger partial charge in [0.15, 0.2) is 0 Å². The van der Waals surface area contributed by atoms with E-state index in [0.29, 0.717) is 0 Å². The molecule has 0 aromatic carbocycles. The van der Waals surface area contributed by atoms with Gasteiger partial charge in [-0.1, -0.05) is 26.3 Å². The second kappa shape index (κ2) is 7.14. The van der Waals surface area contributed by atoms with Crippen molar-refractivity contribution in [1.82, 2.24) is 10.6 Å². The first kappa shape index (κ1) is 19.8. The minimum Gasteiger partial charge on any atom is -0.389 e. The Bertz CT molecular complexity index is 639. The van der Waals surface area contributed by atoms with Crippen molar-refractivity contribution in [1.29, 1.82) is 0 Å². The molecular formula is C16H18N2O7. The summed E-state index contributed by atoms with van der Waals surface area (Å²) in [6, 6.07) is 0. The van der Waals surface area contributed by atoms with Gasteiger partial charge in [0.2, 0.25) is 11.8 Å². The van der Waals surface area contributed by atoms with E-state index in [4.69, 9.17) is 14.2 Å². The molecule has 0 aromatic heterocycles. The van der Waals surface area contributed by atoms with Gasteiger partial charge in [-0.05, 0) is 19.9 Å². The lowest BCUT2D eigenvalue weighted by molar-refractivity contribution is -0.220. The number of ether oxygens (including phenoxy) is 3. The molecule has 0 aliphatic carbocycles. The van der Waals surface area contributed by atoms with Crippen LogP contribution >= 0.6 is 0 Å². The van der Waals surface area contributed by atoms with E-state index < -0.39 is 35.6 Å². The highest BCUT2D eigenvalue weighted by Crippen LogP contribution is 2.47. The van der Waals surface area contributed by atoms with Crippen molar-refractivity contribution in [3.05, 3.63) is 49.6 Å². The Morgan fingerprint density at radius 1 is 0.960 bits per heavy atom. The number of epoxide rings is 1. The fraction of sp³-hybridized carbons (Fsp3) is 0.250. The third-order valence-corrected chi connectivity index (χ3v) is 2.82. The molecule has 0 saturated carbocycles. The average molecular weight is 350 g/mol. The van der Waals surface area contributed by atoms with Gasteiger partial charge in [0.25, 0.3) is 0 Å². The molecule has 0 radical (unpaired) electrons. The molecule has 0 spiro atoms. The lowest BCUT2D eigenvalue weighted by Crippen LogP contribution is -2.57. The highest BCUT2D eigenvalue weighted by atomic mass is 17.0. The SMILES string of the molecule is C=CC(=O)NC1(NC(=O)C(=C)C)OC1(OC(=O)C=C)OC(=O)C(=C)C. The monoisotopic (exact) mass is 350 g/mol. The van der Waals surface area contributed by atoms with Crippen LogP contribution in [-0.2, 0) is 33.4 Å². The highest BCUT2D eigenvalue weighted by Gasteiger charge is 2.82. The summed E-state index contributed by atoms with van der Waals surface area (Å²) in [5.74, 6) is -8.20. The smallest absolute Gasteiger partial charge is 0.389 e. The summed E-state index contributed by atoms with van der Waals surface area (Å²) in [6.07, 6.45) is 1.65. The zero-order chi connectivity index (χ0) is 19.4. The maximum absolute atomic E-state index is 11.9. The molecule has 25 heavy (non-hydrogen) atoms. The summed E-state index contributed by atoms with van der Waals surface area (Å²) in [6.45, 7) is 16.0. The van der Waals surface area contributed by atoms with Crippen LogP contribution in [0, 0.1) is 0 Å². The van der Waals surface area contributed by atoms with Crippen LogP contribution < -0.4 is 10.6 Å². The summed E-state index contributed by atoms with van der Waals surface area (Å²) >= 11 is 0. The van der Waals surface area contributed by atoms with Crippen LogP contribution in [0.5, 0.6) is 0 Å². The number of carbonyl (C=O) groups excluding carboxylic acids is 4. The molecule has 2 unspecified atom stereocenters. The largest absolute Gasteiger partial charge is 0.453 e. The first-order valence-electron chi connectivity index (χ1n) is 6.89. The second-order valence-corrected chi connectivity index (χ2v) is 5.06. The van der Waals surface area contributed by atoms with E-state index in [1.807, 2.05) is 0 Å². The molecule has 1 saturated heterocycles. The third kappa shape index (κ3) is 4.21. The molecule has 1 aliphatic rings. The molecule has 1 fully saturated rings. The molecule has 1 heterocycles. The number of amides is 2. The van der Waals surface area contributed by atoms with E-state index in [-0.39, 0.29) is 11.1 Å². The Kier molecular flexibility index (Phi) is 5.67. The summed E-state index contributed by atoms with van der Waals surface area (Å²) in [4.78, 5) is 47.1. The first-order chi connectivity index (χ1) is 11.5. The van der Waals surface area contributed by atoms with Gasteiger partial charge >= 0.3 is 23.8 Å². The number of hydrogen-bond acceptors (Lipinski definition) is 7. The fourth-order valence-electron chi connectivity index (χ4n) is 1.49. The van der Waals surface area contributed by atoms with Gasteiger partial charge in [-0.2, -0.15) is 0 Å². The maximum Gasteiger partial charge on any atom is 0.453 e. The standard InChI is InChI=1S/C16H18N2O7/c1-7-11(19)17-15(18-13(21)9(3)4)16(25-15,23-12(20)8-2)24-14(22)10(5)6/h7-8H,1-3,5H2,4,6H3,(H,17,19)(H,18,21). The predicted octanol–water partition coefficient (Wildman–Crippen LogP) is 0.167. The van der Waals surface area contributed by atoms with E-state index in [1.165, 1.54) is 13.8 Å². The predicted molar refractivity (Wildman–Crippen MR) is 85.0 cm³/mol. The van der Waals surface area contributed by atoms with Crippen molar-refractivity contribution in [2.45, 2.75) is 25.7 Å². The Morgan fingerprint density at radius 2 is 1.56 bits per heavy atom. The van der Waals surface area contributed by atoms with E-state index in [2.05, 4.69) is 36.9 Å². The Morgan fingerprint density at radius 3 is 2.00 bits per heavy atom. The number of esters is 2. The molecule has 2 N–H and O–H groups in total. The van der Waals surface area contributed by atoms with E-state index in [9.17, 15) is 19.2 Å². The van der Waals surface area contributed by atoms with Gasteiger partial charge in [-0.25, -0.2) is 14.3 Å². The first-order valence-corrected chi connectivity index (χ1v) is 6.89. The van der Waals surface area contributed by atoms with Gasteiger partial charge in [0.05, 0.1) is 0 Å². The zero-order valence-corrected chi connectivity index (χ0v) is 13.8. The van der Waals surface area contributed by atoms with Crippen molar-refractivity contribution < 1.29 is 33.4 Å². The van der Waals surface area contributed by atoms with Crippen LogP contribution in [0.25, 0.3) is 0 Å². The van der Waals surface area contributed by atoms with Crippen LogP contribution in [-0.4, -0.2) is 35.6 Å². The van der Waals surface area contributed by atoms with Crippen molar-refractivity contribution in [2.24, 2.45) is 0 Å². The fourth-order valence-corrected chi connectivity index (χ4v) is 1.49. The second-order valence-electron chi connectivity index (χ2n) is 5.06. The Balaban J connectivity index is 3.27. The van der Waals surface area contributed by atoms with Crippen LogP contribution in [0.15, 0.2) is 49.6 Å². The molecule has 9 heteroatoms. The molecule has 0 bridgehead atoms. The summed E-state index contributed by atoms with van der Waals surface area (Å²) in [5.41, 5.74) is 0.0117. The van der Waals surface area contributed by atoms with Crippen LogP contribution in [0.3, 0.4) is 0 Å². The minimum atomic E-state index is -2.45. The van der Waals surface area contributed by atoms with E-state index in [1.54, 1.807) is 0 Å². The number of carbonyl (C=O) groups is 4. The average Bonchev–Trinajstić information content (AvgIpc) is 3.11. The summed E-state index contributed by atoms with van der Waals surface area (Å²) in [5, 5.41) is 4.43.